The van der Waals surface area contributed by atoms with Gasteiger partial charge >= 0.3 is 0 Å². The van der Waals surface area contributed by atoms with E-state index in [0.29, 0.717) is 10.8 Å². The van der Waals surface area contributed by atoms with Crippen molar-refractivity contribution < 1.29 is 4.79 Å². The summed E-state index contributed by atoms with van der Waals surface area (Å²) in [5, 5.41) is 7.70. The maximum atomic E-state index is 11.8. The molecule has 3 heterocycles. The molecule has 7 heteroatoms. The number of allylic oxidation sites excluding steroid dienone is 1. The largest absolute Gasteiger partial charge is 0.384 e. The van der Waals surface area contributed by atoms with Crippen LogP contribution in [0.25, 0.3) is 10.9 Å². The summed E-state index contributed by atoms with van der Waals surface area (Å²) in [6.45, 7) is 2.51. The SMILES string of the molecule is CC=CC(=O)Nc1cc2c(C3CNc4cc(Cl)ccc43)ncnc2cn1. The fourth-order valence-electron chi connectivity index (χ4n) is 3.20. The van der Waals surface area contributed by atoms with Crippen molar-refractivity contribution in [3.05, 3.63) is 65.2 Å². The number of rotatable bonds is 3. The number of nitrogens with one attached hydrogen (secondary N) is 2. The highest BCUT2D eigenvalue weighted by Gasteiger charge is 2.27. The van der Waals surface area contributed by atoms with Crippen LogP contribution in [-0.4, -0.2) is 27.4 Å². The Morgan fingerprint density at radius 2 is 2.19 bits per heavy atom. The summed E-state index contributed by atoms with van der Waals surface area (Å²) in [5.74, 6) is 0.327. The van der Waals surface area contributed by atoms with Crippen molar-refractivity contribution >= 4 is 39.9 Å². The fourth-order valence-corrected chi connectivity index (χ4v) is 3.37. The highest BCUT2D eigenvalue weighted by molar-refractivity contribution is 6.30. The first-order valence-corrected chi connectivity index (χ1v) is 8.61. The van der Waals surface area contributed by atoms with Crippen LogP contribution in [0.2, 0.25) is 5.02 Å². The Balaban J connectivity index is 1.77. The van der Waals surface area contributed by atoms with Crippen molar-refractivity contribution in [1.82, 2.24) is 15.0 Å². The number of carbonyl (C=O) groups is 1. The van der Waals surface area contributed by atoms with E-state index in [0.717, 1.165) is 34.4 Å². The van der Waals surface area contributed by atoms with Gasteiger partial charge in [0.15, 0.2) is 0 Å². The summed E-state index contributed by atoms with van der Waals surface area (Å²) in [7, 11) is 0. The Bertz CT molecular complexity index is 1030. The van der Waals surface area contributed by atoms with Crippen LogP contribution in [-0.2, 0) is 4.79 Å². The standard InChI is InChI=1S/C19H16ClN5O/c1-2-3-18(26)25-17-7-13-16(9-22-17)23-10-24-19(13)14-8-21-15-6-11(20)4-5-12(14)15/h2-7,9-10,14,21H,8H2,1H3,(H,22,25,26). The number of hydrogen-bond donors (Lipinski definition) is 2. The molecular formula is C19H16ClN5O. The van der Waals surface area contributed by atoms with Crippen LogP contribution in [0.1, 0.15) is 24.1 Å². The summed E-state index contributed by atoms with van der Waals surface area (Å²) in [4.78, 5) is 24.9. The molecule has 6 nitrogen and oxygen atoms in total. The molecule has 26 heavy (non-hydrogen) atoms. The Morgan fingerprint density at radius 3 is 3.04 bits per heavy atom. The average molecular weight is 366 g/mol. The summed E-state index contributed by atoms with van der Waals surface area (Å²) >= 11 is 6.09. The van der Waals surface area contributed by atoms with Gasteiger partial charge in [-0.15, -0.1) is 0 Å². The van der Waals surface area contributed by atoms with E-state index in [1.165, 1.54) is 6.08 Å². The van der Waals surface area contributed by atoms with E-state index in [9.17, 15) is 4.79 Å². The normalized spacial score (nSPS) is 15.8. The lowest BCUT2D eigenvalue weighted by Crippen LogP contribution is -2.10. The van der Waals surface area contributed by atoms with Crippen molar-refractivity contribution in [2.75, 3.05) is 17.2 Å². The number of amides is 1. The van der Waals surface area contributed by atoms with E-state index >= 15 is 0 Å². The molecule has 0 radical (unpaired) electrons. The second-order valence-electron chi connectivity index (χ2n) is 6.00. The molecule has 1 aliphatic heterocycles. The number of hydrogen-bond acceptors (Lipinski definition) is 5. The smallest absolute Gasteiger partial charge is 0.249 e. The Morgan fingerprint density at radius 1 is 1.31 bits per heavy atom. The second-order valence-corrected chi connectivity index (χ2v) is 6.44. The average Bonchev–Trinajstić information content (AvgIpc) is 3.04. The molecule has 1 atom stereocenters. The first-order valence-electron chi connectivity index (χ1n) is 8.23. The summed E-state index contributed by atoms with van der Waals surface area (Å²) < 4.78 is 0. The monoisotopic (exact) mass is 365 g/mol. The molecule has 130 valence electrons. The van der Waals surface area contributed by atoms with E-state index in [4.69, 9.17) is 11.6 Å². The van der Waals surface area contributed by atoms with E-state index in [1.807, 2.05) is 24.3 Å². The Kier molecular flexibility index (Phi) is 4.26. The molecule has 0 aliphatic carbocycles. The quantitative estimate of drug-likeness (QED) is 0.691. The fraction of sp³-hybridized carbons (Fsp3) is 0.158. The van der Waals surface area contributed by atoms with E-state index in [1.54, 1.807) is 25.5 Å². The number of carbonyl (C=O) groups excluding carboxylic acids is 1. The number of halogens is 1. The minimum absolute atomic E-state index is 0.0780. The van der Waals surface area contributed by atoms with Crippen LogP contribution in [0.15, 0.2) is 48.9 Å². The highest BCUT2D eigenvalue weighted by Crippen LogP contribution is 2.38. The maximum Gasteiger partial charge on any atom is 0.249 e. The topological polar surface area (TPSA) is 79.8 Å². The van der Waals surface area contributed by atoms with E-state index in [-0.39, 0.29) is 11.8 Å². The zero-order chi connectivity index (χ0) is 18.1. The Hall–Kier alpha value is -2.99. The second kappa shape index (κ2) is 6.72. The van der Waals surface area contributed by atoms with Gasteiger partial charge in [-0.1, -0.05) is 23.7 Å². The first kappa shape index (κ1) is 16.5. The van der Waals surface area contributed by atoms with Crippen molar-refractivity contribution in [3.8, 4) is 0 Å². The lowest BCUT2D eigenvalue weighted by Gasteiger charge is -2.13. The number of nitrogens with zero attached hydrogens (tertiary/aromatic N) is 3. The maximum absolute atomic E-state index is 11.8. The van der Waals surface area contributed by atoms with Gasteiger partial charge < -0.3 is 10.6 Å². The molecule has 2 N–H and O–H groups in total. The minimum atomic E-state index is -0.222. The molecule has 0 saturated carbocycles. The molecule has 1 aromatic carbocycles. The molecule has 1 aliphatic rings. The molecule has 3 aromatic rings. The van der Waals surface area contributed by atoms with Crippen molar-refractivity contribution in [1.29, 1.82) is 0 Å². The number of aromatic nitrogens is 3. The van der Waals surface area contributed by atoms with Gasteiger partial charge in [-0.2, -0.15) is 0 Å². The van der Waals surface area contributed by atoms with Gasteiger partial charge in [0.2, 0.25) is 5.91 Å². The third kappa shape index (κ3) is 2.99. The van der Waals surface area contributed by atoms with Gasteiger partial charge in [0.1, 0.15) is 12.1 Å². The van der Waals surface area contributed by atoms with Crippen LogP contribution in [0.5, 0.6) is 0 Å². The number of fused-ring (bicyclic) bond motifs is 2. The van der Waals surface area contributed by atoms with Crippen LogP contribution in [0.3, 0.4) is 0 Å². The van der Waals surface area contributed by atoms with Crippen LogP contribution in [0.4, 0.5) is 11.5 Å². The zero-order valence-electron chi connectivity index (χ0n) is 14.0. The van der Waals surface area contributed by atoms with Gasteiger partial charge in [-0.05, 0) is 36.8 Å². The number of anilines is 2. The van der Waals surface area contributed by atoms with Gasteiger partial charge in [-0.25, -0.2) is 15.0 Å². The lowest BCUT2D eigenvalue weighted by atomic mass is 9.95. The first-order chi connectivity index (χ1) is 12.7. The molecule has 1 amide bonds. The van der Waals surface area contributed by atoms with Crippen molar-refractivity contribution in [2.45, 2.75) is 12.8 Å². The summed E-state index contributed by atoms with van der Waals surface area (Å²) in [5.41, 5.74) is 3.80. The molecule has 0 saturated heterocycles. The van der Waals surface area contributed by atoms with E-state index < -0.39 is 0 Å². The molecule has 0 fully saturated rings. The van der Waals surface area contributed by atoms with Crippen LogP contribution in [0, 0.1) is 0 Å². The van der Waals surface area contributed by atoms with Crippen LogP contribution >= 0.6 is 11.6 Å². The number of benzene rings is 1. The van der Waals surface area contributed by atoms with E-state index in [2.05, 4.69) is 25.6 Å². The summed E-state index contributed by atoms with van der Waals surface area (Å²) in [6, 6.07) is 7.64. The summed E-state index contributed by atoms with van der Waals surface area (Å²) in [6.07, 6.45) is 6.33. The zero-order valence-corrected chi connectivity index (χ0v) is 14.8. The molecule has 0 bridgehead atoms. The van der Waals surface area contributed by atoms with Crippen molar-refractivity contribution in [2.24, 2.45) is 0 Å². The number of pyridine rings is 1. The van der Waals surface area contributed by atoms with Crippen molar-refractivity contribution in [3.63, 3.8) is 0 Å². The third-order valence-electron chi connectivity index (χ3n) is 4.34. The highest BCUT2D eigenvalue weighted by atomic mass is 35.5. The molecular weight excluding hydrogens is 350 g/mol. The Labute approximate surface area is 155 Å². The third-order valence-corrected chi connectivity index (χ3v) is 4.57. The van der Waals surface area contributed by atoms with Gasteiger partial charge in [0, 0.05) is 28.6 Å². The van der Waals surface area contributed by atoms with Crippen LogP contribution < -0.4 is 10.6 Å². The molecule has 4 rings (SSSR count). The van der Waals surface area contributed by atoms with Gasteiger partial charge in [0.05, 0.1) is 17.4 Å². The van der Waals surface area contributed by atoms with Gasteiger partial charge in [-0.3, -0.25) is 4.79 Å². The molecule has 0 spiro atoms. The molecule has 2 aromatic heterocycles. The predicted molar refractivity (Wildman–Crippen MR) is 103 cm³/mol. The lowest BCUT2D eigenvalue weighted by molar-refractivity contribution is -0.111. The predicted octanol–water partition coefficient (Wildman–Crippen LogP) is 3.75. The van der Waals surface area contributed by atoms with Gasteiger partial charge in [0.25, 0.3) is 0 Å². The minimum Gasteiger partial charge on any atom is -0.384 e. The molecule has 1 unspecified atom stereocenters.